The Morgan fingerprint density at radius 2 is 1.45 bits per heavy atom. The molecule has 234 valence electrons. The first-order valence-electron chi connectivity index (χ1n) is 14.9. The number of hydrogen-bond donors (Lipinski definition) is 4. The number of ether oxygens (including phenoxy) is 2. The Morgan fingerprint density at radius 1 is 0.795 bits per heavy atom. The summed E-state index contributed by atoms with van der Waals surface area (Å²) in [5, 5.41) is 18.0. The van der Waals surface area contributed by atoms with E-state index in [0.29, 0.717) is 30.8 Å². The molecule has 1 aliphatic heterocycles. The molecular weight excluding hydrogens is 578 g/mol. The van der Waals surface area contributed by atoms with Gasteiger partial charge in [-0.1, -0.05) is 42.8 Å². The Balaban J connectivity index is 1.36. The summed E-state index contributed by atoms with van der Waals surface area (Å²) in [6.07, 6.45) is 2.68. The number of thioether (sulfide) groups is 1. The minimum atomic E-state index is -0.590. The Hall–Kier alpha value is -3.70. The van der Waals surface area contributed by atoms with Crippen LogP contribution < -0.4 is 16.0 Å². The molecule has 3 aromatic rings. The second-order valence-corrected chi connectivity index (χ2v) is 11.9. The van der Waals surface area contributed by atoms with Gasteiger partial charge in [-0.15, -0.1) is 11.8 Å². The van der Waals surface area contributed by atoms with Gasteiger partial charge < -0.3 is 30.5 Å². The predicted molar refractivity (Wildman–Crippen MR) is 172 cm³/mol. The molecule has 4 N–H and O–H groups in total. The fourth-order valence-corrected chi connectivity index (χ4v) is 5.77. The van der Waals surface area contributed by atoms with Crippen molar-refractivity contribution >= 4 is 40.9 Å². The zero-order valence-corrected chi connectivity index (χ0v) is 26.0. The van der Waals surface area contributed by atoms with E-state index in [1.54, 1.807) is 11.8 Å². The first kappa shape index (κ1) is 33.2. The number of nitrogens with one attached hydrogen (secondary N) is 3. The third kappa shape index (κ3) is 10.8. The van der Waals surface area contributed by atoms with Crippen LogP contribution in [0.1, 0.15) is 75.0 Å². The highest BCUT2D eigenvalue weighted by atomic mass is 32.2. The first-order chi connectivity index (χ1) is 21.3. The van der Waals surface area contributed by atoms with Gasteiger partial charge in [0.15, 0.2) is 6.29 Å². The average Bonchev–Trinajstić information content (AvgIpc) is 3.02. The highest BCUT2D eigenvalue weighted by Gasteiger charge is 2.32. The minimum absolute atomic E-state index is 0.0149. The van der Waals surface area contributed by atoms with Gasteiger partial charge in [0.25, 0.3) is 0 Å². The van der Waals surface area contributed by atoms with Crippen molar-refractivity contribution in [1.82, 2.24) is 5.32 Å². The van der Waals surface area contributed by atoms with Crippen molar-refractivity contribution in [3.8, 4) is 0 Å². The van der Waals surface area contributed by atoms with Gasteiger partial charge in [0.1, 0.15) is 0 Å². The van der Waals surface area contributed by atoms with Gasteiger partial charge in [-0.25, -0.2) is 0 Å². The standard InChI is InChI=1S/C34H41N3O6S/c1-23(39)35-19-5-3-4-6-33(41)37-29-13-11-27(12-14-29)34-42-30(20-32(43-34)26-9-7-25(21-38)8-10-26)22-44-31-17-15-28(16-18-31)36-24(2)40/h7-18,30,32,34,38H,3-6,19-22H2,1-2H3,(H,35,39)(H,36,40)(H,37,41)/t30-,32+,34+/m1/s1. The van der Waals surface area contributed by atoms with Gasteiger partial charge in [-0.2, -0.15) is 0 Å². The molecule has 3 atom stereocenters. The van der Waals surface area contributed by atoms with Crippen LogP contribution >= 0.6 is 11.8 Å². The van der Waals surface area contributed by atoms with E-state index in [1.807, 2.05) is 72.8 Å². The van der Waals surface area contributed by atoms with Gasteiger partial charge in [-0.05, 0) is 60.4 Å². The average molecular weight is 620 g/mol. The van der Waals surface area contributed by atoms with Gasteiger partial charge in [0.05, 0.1) is 18.8 Å². The lowest BCUT2D eigenvalue weighted by Crippen LogP contribution is -2.31. The lowest BCUT2D eigenvalue weighted by Gasteiger charge is -2.36. The molecule has 0 aromatic heterocycles. The van der Waals surface area contributed by atoms with Gasteiger partial charge >= 0.3 is 0 Å². The Bertz CT molecular complexity index is 1370. The van der Waals surface area contributed by atoms with Crippen LogP contribution in [0.2, 0.25) is 0 Å². The second kappa shape index (κ2) is 17.0. The Morgan fingerprint density at radius 3 is 2.11 bits per heavy atom. The third-order valence-electron chi connectivity index (χ3n) is 7.15. The van der Waals surface area contributed by atoms with Crippen molar-refractivity contribution in [1.29, 1.82) is 0 Å². The van der Waals surface area contributed by atoms with E-state index in [9.17, 15) is 19.5 Å². The Kier molecular flexibility index (Phi) is 12.8. The molecule has 1 aliphatic rings. The molecule has 9 nitrogen and oxygen atoms in total. The molecule has 3 amide bonds. The summed E-state index contributed by atoms with van der Waals surface area (Å²) < 4.78 is 12.9. The number of anilines is 2. The highest BCUT2D eigenvalue weighted by molar-refractivity contribution is 7.99. The molecule has 0 unspecified atom stereocenters. The summed E-state index contributed by atoms with van der Waals surface area (Å²) >= 11 is 1.68. The monoisotopic (exact) mass is 619 g/mol. The Labute approximate surface area is 263 Å². The van der Waals surface area contributed by atoms with Crippen LogP contribution in [0.4, 0.5) is 11.4 Å². The van der Waals surface area contributed by atoms with Crippen LogP contribution in [0.5, 0.6) is 0 Å². The van der Waals surface area contributed by atoms with E-state index >= 15 is 0 Å². The van der Waals surface area contributed by atoms with Gasteiger partial charge in [0, 0.05) is 60.8 Å². The zero-order chi connectivity index (χ0) is 31.3. The number of unbranched alkanes of at least 4 members (excludes halogenated alkanes) is 2. The lowest BCUT2D eigenvalue weighted by molar-refractivity contribution is -0.245. The molecule has 1 heterocycles. The fraction of sp³-hybridized carbons (Fsp3) is 0.382. The number of carbonyl (C=O) groups is 3. The molecule has 3 aromatic carbocycles. The van der Waals surface area contributed by atoms with Crippen molar-refractivity contribution in [3.63, 3.8) is 0 Å². The summed E-state index contributed by atoms with van der Waals surface area (Å²) in [6, 6.07) is 23.1. The number of aliphatic hydroxyl groups is 1. The maximum Gasteiger partial charge on any atom is 0.224 e. The van der Waals surface area contributed by atoms with E-state index in [2.05, 4.69) is 16.0 Å². The van der Waals surface area contributed by atoms with E-state index in [1.165, 1.54) is 13.8 Å². The topological polar surface area (TPSA) is 126 Å². The largest absolute Gasteiger partial charge is 0.392 e. The molecule has 0 radical (unpaired) electrons. The number of amides is 3. The van der Waals surface area contributed by atoms with Crippen LogP contribution in [0.3, 0.4) is 0 Å². The molecule has 1 saturated heterocycles. The number of rotatable bonds is 14. The predicted octanol–water partition coefficient (Wildman–Crippen LogP) is 6.11. The molecule has 0 spiro atoms. The number of aliphatic hydroxyl groups excluding tert-OH is 1. The zero-order valence-electron chi connectivity index (χ0n) is 25.2. The quantitative estimate of drug-likeness (QED) is 0.127. The van der Waals surface area contributed by atoms with E-state index in [4.69, 9.17) is 9.47 Å². The van der Waals surface area contributed by atoms with Crippen LogP contribution in [0, 0.1) is 0 Å². The van der Waals surface area contributed by atoms with Crippen molar-refractivity contribution < 1.29 is 29.0 Å². The van der Waals surface area contributed by atoms with Crippen molar-refractivity contribution in [2.45, 2.75) is 76.0 Å². The molecule has 10 heteroatoms. The molecule has 0 aliphatic carbocycles. The molecular formula is C34H41N3O6S. The van der Waals surface area contributed by atoms with Gasteiger partial charge in [0.2, 0.25) is 17.7 Å². The van der Waals surface area contributed by atoms with Crippen LogP contribution in [0.25, 0.3) is 0 Å². The number of hydrogen-bond acceptors (Lipinski definition) is 7. The van der Waals surface area contributed by atoms with Crippen LogP contribution in [-0.4, -0.2) is 41.2 Å². The molecule has 0 bridgehead atoms. The molecule has 4 rings (SSSR count). The number of benzene rings is 3. The summed E-state index contributed by atoms with van der Waals surface area (Å²) in [6.45, 7) is 3.60. The highest BCUT2D eigenvalue weighted by Crippen LogP contribution is 2.39. The summed E-state index contributed by atoms with van der Waals surface area (Å²) in [7, 11) is 0. The molecule has 1 fully saturated rings. The molecule has 0 saturated carbocycles. The maximum absolute atomic E-state index is 12.4. The van der Waals surface area contributed by atoms with Crippen molar-refractivity contribution in [2.75, 3.05) is 22.9 Å². The maximum atomic E-state index is 12.4. The van der Waals surface area contributed by atoms with E-state index < -0.39 is 6.29 Å². The van der Waals surface area contributed by atoms with Crippen LogP contribution in [0.15, 0.2) is 77.7 Å². The normalized spacial score (nSPS) is 17.9. The minimum Gasteiger partial charge on any atom is -0.392 e. The van der Waals surface area contributed by atoms with Crippen molar-refractivity contribution in [3.05, 3.63) is 89.5 Å². The third-order valence-corrected chi connectivity index (χ3v) is 8.29. The lowest BCUT2D eigenvalue weighted by atomic mass is 10.0. The van der Waals surface area contributed by atoms with E-state index in [-0.39, 0.29) is 36.5 Å². The summed E-state index contributed by atoms with van der Waals surface area (Å²) in [5.41, 5.74) is 4.18. The van der Waals surface area contributed by atoms with E-state index in [0.717, 1.165) is 46.5 Å². The SMILES string of the molecule is CC(=O)NCCCCCC(=O)Nc1ccc([C@H]2O[C@@H](CSc3ccc(NC(C)=O)cc3)C[C@@H](c3ccc(CO)cc3)O2)cc1. The molecule has 44 heavy (non-hydrogen) atoms. The van der Waals surface area contributed by atoms with Crippen molar-refractivity contribution in [2.24, 2.45) is 0 Å². The summed E-state index contributed by atoms with van der Waals surface area (Å²) in [5.74, 6) is 0.523. The fourth-order valence-electron chi connectivity index (χ4n) is 4.85. The summed E-state index contributed by atoms with van der Waals surface area (Å²) in [4.78, 5) is 35.8. The first-order valence-corrected chi connectivity index (χ1v) is 15.9. The second-order valence-electron chi connectivity index (χ2n) is 10.8. The smallest absolute Gasteiger partial charge is 0.224 e. The van der Waals surface area contributed by atoms with Gasteiger partial charge in [-0.3, -0.25) is 14.4 Å². The number of carbonyl (C=O) groups excluding carboxylic acids is 3. The van der Waals surface area contributed by atoms with Crippen LogP contribution in [-0.2, 0) is 30.5 Å².